The van der Waals surface area contributed by atoms with Crippen LogP contribution < -0.4 is 15.8 Å². The van der Waals surface area contributed by atoms with Crippen LogP contribution in [-0.4, -0.2) is 52.0 Å². The van der Waals surface area contributed by atoms with E-state index in [1.54, 1.807) is 22.9 Å². The molecule has 0 radical (unpaired) electrons. The zero-order chi connectivity index (χ0) is 27.7. The highest BCUT2D eigenvalue weighted by Gasteiger charge is 2.56. The number of alkyl halides is 1. The first-order valence-corrected chi connectivity index (χ1v) is 17.1. The van der Waals surface area contributed by atoms with Crippen LogP contribution in [0.4, 0.5) is 5.69 Å². The number of rotatable bonds is 9. The number of benzene rings is 1. The van der Waals surface area contributed by atoms with E-state index in [4.69, 9.17) is 22.7 Å². The van der Waals surface area contributed by atoms with Crippen molar-refractivity contribution < 1.29 is 4.74 Å². The molecule has 6 rings (SSSR count). The van der Waals surface area contributed by atoms with Gasteiger partial charge in [-0.15, -0.1) is 0 Å². The number of anilines is 1. The van der Waals surface area contributed by atoms with Crippen LogP contribution in [0.5, 0.6) is 5.75 Å². The van der Waals surface area contributed by atoms with Crippen molar-refractivity contribution in [1.82, 2.24) is 4.90 Å². The second-order valence-corrected chi connectivity index (χ2v) is 13.3. The number of unbranched alkanes of at least 4 members (excludes halogenated alkanes) is 1. The van der Waals surface area contributed by atoms with Gasteiger partial charge in [0.05, 0.1) is 0 Å². The number of thiocarbonyl (C=S) groups is 1. The first kappa shape index (κ1) is 30.6. The maximum atomic E-state index is 6.22. The molecule has 5 nitrogen and oxygen atoms in total. The lowest BCUT2D eigenvalue weighted by Gasteiger charge is -2.57. The number of nitrogens with zero attached hydrogens (tertiary/aromatic N) is 2. The van der Waals surface area contributed by atoms with Gasteiger partial charge in [0.2, 0.25) is 0 Å². The Kier molecular flexibility index (Phi) is 11.8. The van der Waals surface area contributed by atoms with Crippen LogP contribution in [-0.2, 0) is 0 Å². The third-order valence-electron chi connectivity index (χ3n) is 8.54. The van der Waals surface area contributed by atoms with E-state index in [9.17, 15) is 0 Å². The van der Waals surface area contributed by atoms with Gasteiger partial charge in [-0.25, -0.2) is 0 Å². The highest BCUT2D eigenvalue weighted by Crippen LogP contribution is 2.67. The number of aliphatic imine (C=N–C) groups is 1. The van der Waals surface area contributed by atoms with Gasteiger partial charge < -0.3 is 15.8 Å². The Balaban J connectivity index is 0.000000448. The smallest absolute Gasteiger partial charge is 0.199 e. The highest BCUT2D eigenvalue weighted by molar-refractivity contribution is 9.09. The number of hydrogen-bond donors (Lipinski definition) is 2. The van der Waals surface area contributed by atoms with Crippen LogP contribution in [0.15, 0.2) is 52.6 Å². The van der Waals surface area contributed by atoms with Crippen LogP contribution in [0.1, 0.15) is 71.6 Å². The number of allylic oxidation sites excluding steroid dienone is 4. The molecule has 3 fully saturated rings. The molecule has 1 aromatic rings. The number of piperidine rings is 1. The molecule has 2 saturated carbocycles. The first-order valence-electron chi connectivity index (χ1n) is 14.6. The first-order chi connectivity index (χ1) is 19.0. The minimum atomic E-state index is 0.270. The average Bonchev–Trinajstić information content (AvgIpc) is 3.29. The van der Waals surface area contributed by atoms with Crippen molar-refractivity contribution in [2.24, 2.45) is 22.1 Å². The van der Waals surface area contributed by atoms with E-state index in [0.29, 0.717) is 15.7 Å². The molecular formula is C31H45BrN4OS2. The SMILES string of the molecule is C/C=C\CCCBr.CCN1CCCC(Oc2ccc(NC(=S)/N=C(\N)SCC34CCCC5=C(C3)C4C5)cc2)C1. The molecule has 1 saturated heterocycles. The topological polar surface area (TPSA) is 62.9 Å². The molecule has 1 aromatic carbocycles. The molecule has 3 N–H and O–H groups in total. The van der Waals surface area contributed by atoms with Gasteiger partial charge in [-0.2, -0.15) is 4.99 Å². The summed E-state index contributed by atoms with van der Waals surface area (Å²) in [6.07, 6.45) is 16.0. The lowest BCUT2D eigenvalue weighted by atomic mass is 9.49. The monoisotopic (exact) mass is 632 g/mol. The van der Waals surface area contributed by atoms with Crippen molar-refractivity contribution in [2.75, 3.05) is 36.0 Å². The normalized spacial score (nSPS) is 26.2. The molecule has 39 heavy (non-hydrogen) atoms. The fourth-order valence-corrected chi connectivity index (χ4v) is 7.93. The van der Waals surface area contributed by atoms with E-state index in [1.807, 2.05) is 31.2 Å². The summed E-state index contributed by atoms with van der Waals surface area (Å²) in [6.45, 7) is 7.53. The average molecular weight is 634 g/mol. The fourth-order valence-electron chi connectivity index (χ4n) is 6.29. The molecule has 1 aliphatic heterocycles. The number of amidine groups is 1. The highest BCUT2D eigenvalue weighted by atomic mass is 79.9. The van der Waals surface area contributed by atoms with E-state index in [-0.39, 0.29) is 6.10 Å². The van der Waals surface area contributed by atoms with Gasteiger partial charge in [-0.05, 0) is 126 Å². The minimum Gasteiger partial charge on any atom is -0.489 e. The quantitative estimate of drug-likeness (QED) is 0.0720. The Bertz CT molecular complexity index is 1060. The summed E-state index contributed by atoms with van der Waals surface area (Å²) in [6, 6.07) is 7.97. The van der Waals surface area contributed by atoms with Gasteiger partial charge in [0.15, 0.2) is 10.3 Å². The molecule has 8 heteroatoms. The Morgan fingerprint density at radius 3 is 2.85 bits per heavy atom. The third kappa shape index (κ3) is 8.34. The van der Waals surface area contributed by atoms with Gasteiger partial charge in [0, 0.05) is 23.3 Å². The van der Waals surface area contributed by atoms with Crippen LogP contribution in [0.3, 0.4) is 0 Å². The summed E-state index contributed by atoms with van der Waals surface area (Å²) in [5, 5.41) is 5.28. The van der Waals surface area contributed by atoms with Crippen molar-refractivity contribution in [3.63, 3.8) is 0 Å². The van der Waals surface area contributed by atoms with E-state index in [1.165, 1.54) is 57.9 Å². The molecule has 4 aliphatic carbocycles. The zero-order valence-electron chi connectivity index (χ0n) is 23.6. The summed E-state index contributed by atoms with van der Waals surface area (Å²) in [5.41, 5.74) is 11.1. The van der Waals surface area contributed by atoms with Crippen LogP contribution >= 0.6 is 39.9 Å². The fraction of sp³-hybridized carbons (Fsp3) is 0.613. The van der Waals surface area contributed by atoms with Crippen molar-refractivity contribution in [3.05, 3.63) is 47.6 Å². The number of halogens is 1. The molecule has 0 spiro atoms. The molecule has 5 aliphatic rings. The summed E-state index contributed by atoms with van der Waals surface area (Å²) in [7, 11) is 0. The van der Waals surface area contributed by atoms with Crippen LogP contribution in [0.25, 0.3) is 0 Å². The predicted molar refractivity (Wildman–Crippen MR) is 176 cm³/mol. The van der Waals surface area contributed by atoms with E-state index in [0.717, 1.165) is 47.9 Å². The van der Waals surface area contributed by atoms with Crippen molar-refractivity contribution in [1.29, 1.82) is 0 Å². The predicted octanol–water partition coefficient (Wildman–Crippen LogP) is 7.92. The lowest BCUT2D eigenvalue weighted by Crippen LogP contribution is -2.48. The zero-order valence-corrected chi connectivity index (χ0v) is 26.8. The number of likely N-dealkylation sites (tertiary alicyclic amines) is 1. The number of nitrogens with one attached hydrogen (secondary N) is 1. The number of fused-ring (bicyclic) bond motifs is 2. The molecule has 0 aromatic heterocycles. The maximum Gasteiger partial charge on any atom is 0.199 e. The maximum absolute atomic E-state index is 6.22. The van der Waals surface area contributed by atoms with Gasteiger partial charge in [-0.1, -0.05) is 57.9 Å². The number of thioether (sulfide) groups is 1. The van der Waals surface area contributed by atoms with Crippen molar-refractivity contribution in [2.45, 2.75) is 77.7 Å². The molecule has 1 heterocycles. The second-order valence-electron chi connectivity index (χ2n) is 11.1. The van der Waals surface area contributed by atoms with Gasteiger partial charge in [0.1, 0.15) is 11.9 Å². The molecule has 3 atom stereocenters. The van der Waals surface area contributed by atoms with Gasteiger partial charge >= 0.3 is 0 Å². The lowest BCUT2D eigenvalue weighted by molar-refractivity contribution is 0.0920. The molecule has 0 amide bonds. The summed E-state index contributed by atoms with van der Waals surface area (Å²) >= 11 is 10.4. The second kappa shape index (κ2) is 15.0. The van der Waals surface area contributed by atoms with Crippen molar-refractivity contribution in [3.8, 4) is 5.75 Å². The number of likely N-dealkylation sites (N-methyl/N-ethyl adjacent to an activating group) is 1. The van der Waals surface area contributed by atoms with Crippen LogP contribution in [0.2, 0.25) is 0 Å². The van der Waals surface area contributed by atoms with Crippen molar-refractivity contribution >= 4 is 55.9 Å². The summed E-state index contributed by atoms with van der Waals surface area (Å²) < 4.78 is 6.18. The minimum absolute atomic E-state index is 0.270. The third-order valence-corrected chi connectivity index (χ3v) is 10.4. The molecule has 214 valence electrons. The Labute approximate surface area is 253 Å². The van der Waals surface area contributed by atoms with E-state index in [2.05, 4.69) is 50.2 Å². The number of hydrogen-bond acceptors (Lipinski definition) is 4. The standard InChI is InChI=1S/C25H34N4OS2.C6H11Br/c1-2-29-12-4-6-20(15-29)30-19-9-7-18(8-10-19)27-24(31)28-23(26)32-16-25-11-3-5-17-13-22(25)21(17)14-25;1-2-3-4-5-6-7/h7-10,20,22H,2-6,11-16H2,1H3,(H3,26,27,28,31);2-3H,4-6H2,1H3/b;3-2-. The van der Waals surface area contributed by atoms with Gasteiger partial charge in [-0.3, -0.25) is 4.90 Å². The Morgan fingerprint density at radius 1 is 1.33 bits per heavy atom. The van der Waals surface area contributed by atoms with E-state index < -0.39 is 0 Å². The largest absolute Gasteiger partial charge is 0.489 e. The Hall–Kier alpha value is -1.35. The number of ether oxygens (including phenoxy) is 1. The van der Waals surface area contributed by atoms with E-state index >= 15 is 0 Å². The van der Waals surface area contributed by atoms with Gasteiger partial charge in [0.25, 0.3) is 0 Å². The summed E-state index contributed by atoms with van der Waals surface area (Å²) in [5.74, 6) is 2.80. The summed E-state index contributed by atoms with van der Waals surface area (Å²) in [4.78, 5) is 6.88. The van der Waals surface area contributed by atoms with Crippen LogP contribution in [0, 0.1) is 11.3 Å². The molecule has 4 bridgehead atoms. The molecular weight excluding hydrogens is 588 g/mol. The Morgan fingerprint density at radius 2 is 2.15 bits per heavy atom. The number of nitrogens with two attached hydrogens (primary N) is 1. The molecule has 3 unspecified atom stereocenters.